The van der Waals surface area contributed by atoms with E-state index in [1.807, 2.05) is 51.2 Å². The first-order valence-corrected chi connectivity index (χ1v) is 6.95. The Bertz CT molecular complexity index is 627. The summed E-state index contributed by atoms with van der Waals surface area (Å²) in [6.45, 7) is 4.40. The fourth-order valence-corrected chi connectivity index (χ4v) is 2.04. The molecule has 0 saturated heterocycles. The van der Waals surface area contributed by atoms with Crippen LogP contribution in [-0.2, 0) is 4.79 Å². The number of carbonyl (C=O) groups is 1. The number of aryl methyl sites for hydroxylation is 1. The van der Waals surface area contributed by atoms with Crippen molar-refractivity contribution in [2.24, 2.45) is 5.92 Å². The molecule has 0 aliphatic carbocycles. The lowest BCUT2D eigenvalue weighted by Gasteiger charge is -2.12. The molecular formula is C16H20N4O. The average Bonchev–Trinajstić information content (AvgIpc) is 2.48. The standard InChI is InChI=1S/C16H20N4O/c1-11(10-17-3)16(21)20-14-6-4-5-13(9-14)15-7-8-18-12(2)19-15/h4-9,11,17H,10H2,1-3H3,(H,20,21). The van der Waals surface area contributed by atoms with Gasteiger partial charge in [-0.3, -0.25) is 4.79 Å². The minimum atomic E-state index is -0.0834. The second kappa shape index (κ2) is 6.95. The van der Waals surface area contributed by atoms with Crippen molar-refractivity contribution in [3.05, 3.63) is 42.4 Å². The molecule has 1 unspecified atom stereocenters. The fraction of sp³-hybridized carbons (Fsp3) is 0.312. The topological polar surface area (TPSA) is 66.9 Å². The van der Waals surface area contributed by atoms with Crippen LogP contribution < -0.4 is 10.6 Å². The molecular weight excluding hydrogens is 264 g/mol. The largest absolute Gasteiger partial charge is 0.326 e. The zero-order valence-electron chi connectivity index (χ0n) is 12.6. The highest BCUT2D eigenvalue weighted by molar-refractivity contribution is 5.93. The Morgan fingerprint density at radius 2 is 2.14 bits per heavy atom. The summed E-state index contributed by atoms with van der Waals surface area (Å²) in [5.74, 6) is 0.643. The van der Waals surface area contributed by atoms with Gasteiger partial charge in [-0.15, -0.1) is 0 Å². The summed E-state index contributed by atoms with van der Waals surface area (Å²) in [5.41, 5.74) is 2.58. The monoisotopic (exact) mass is 284 g/mol. The Morgan fingerprint density at radius 3 is 2.86 bits per heavy atom. The van der Waals surface area contributed by atoms with Gasteiger partial charge in [0.05, 0.1) is 5.69 Å². The van der Waals surface area contributed by atoms with Crippen LogP contribution in [0.25, 0.3) is 11.3 Å². The van der Waals surface area contributed by atoms with Gasteiger partial charge in [-0.1, -0.05) is 19.1 Å². The van der Waals surface area contributed by atoms with E-state index >= 15 is 0 Å². The van der Waals surface area contributed by atoms with Crippen molar-refractivity contribution in [2.45, 2.75) is 13.8 Å². The number of anilines is 1. The van der Waals surface area contributed by atoms with E-state index in [-0.39, 0.29) is 11.8 Å². The molecule has 0 bridgehead atoms. The molecule has 1 amide bonds. The van der Waals surface area contributed by atoms with Crippen LogP contribution in [0.1, 0.15) is 12.7 Å². The molecule has 2 N–H and O–H groups in total. The van der Waals surface area contributed by atoms with E-state index in [1.54, 1.807) is 6.20 Å². The van der Waals surface area contributed by atoms with Crippen LogP contribution >= 0.6 is 0 Å². The molecule has 5 nitrogen and oxygen atoms in total. The Balaban J connectivity index is 2.16. The summed E-state index contributed by atoms with van der Waals surface area (Å²) in [6, 6.07) is 9.53. The molecule has 1 aromatic carbocycles. The van der Waals surface area contributed by atoms with E-state index in [9.17, 15) is 4.79 Å². The van der Waals surface area contributed by atoms with E-state index in [4.69, 9.17) is 0 Å². The van der Waals surface area contributed by atoms with Crippen molar-refractivity contribution in [3.63, 3.8) is 0 Å². The predicted octanol–water partition coefficient (Wildman–Crippen LogP) is 2.25. The van der Waals surface area contributed by atoms with Crippen LogP contribution in [0.2, 0.25) is 0 Å². The average molecular weight is 284 g/mol. The number of benzene rings is 1. The zero-order valence-corrected chi connectivity index (χ0v) is 12.6. The predicted molar refractivity (Wildman–Crippen MR) is 83.9 cm³/mol. The fourth-order valence-electron chi connectivity index (χ4n) is 2.04. The normalized spacial score (nSPS) is 12.0. The molecule has 21 heavy (non-hydrogen) atoms. The maximum Gasteiger partial charge on any atom is 0.228 e. The molecule has 0 aliphatic rings. The number of aromatic nitrogens is 2. The van der Waals surface area contributed by atoms with E-state index < -0.39 is 0 Å². The lowest BCUT2D eigenvalue weighted by molar-refractivity contribution is -0.119. The number of nitrogens with zero attached hydrogens (tertiary/aromatic N) is 2. The molecule has 0 fully saturated rings. The van der Waals surface area contributed by atoms with Gasteiger partial charge in [-0.05, 0) is 32.2 Å². The van der Waals surface area contributed by atoms with E-state index in [0.29, 0.717) is 6.54 Å². The molecule has 1 atom stereocenters. The highest BCUT2D eigenvalue weighted by atomic mass is 16.1. The quantitative estimate of drug-likeness (QED) is 0.883. The second-order valence-corrected chi connectivity index (χ2v) is 5.02. The minimum Gasteiger partial charge on any atom is -0.326 e. The third-order valence-electron chi connectivity index (χ3n) is 3.16. The van der Waals surface area contributed by atoms with Gasteiger partial charge >= 0.3 is 0 Å². The Kier molecular flexibility index (Phi) is 5.00. The summed E-state index contributed by atoms with van der Waals surface area (Å²) in [5, 5.41) is 5.93. The van der Waals surface area contributed by atoms with Gasteiger partial charge in [0.25, 0.3) is 0 Å². The van der Waals surface area contributed by atoms with Crippen LogP contribution in [0, 0.1) is 12.8 Å². The molecule has 1 aromatic heterocycles. The lowest BCUT2D eigenvalue weighted by atomic mass is 10.1. The van der Waals surface area contributed by atoms with E-state index in [2.05, 4.69) is 20.6 Å². The number of hydrogen-bond donors (Lipinski definition) is 2. The van der Waals surface area contributed by atoms with Gasteiger partial charge in [0.1, 0.15) is 5.82 Å². The number of hydrogen-bond acceptors (Lipinski definition) is 4. The molecule has 0 spiro atoms. The molecule has 0 aliphatic heterocycles. The van der Waals surface area contributed by atoms with Gasteiger partial charge in [0, 0.05) is 29.9 Å². The molecule has 2 aromatic rings. The van der Waals surface area contributed by atoms with Crippen molar-refractivity contribution >= 4 is 11.6 Å². The maximum atomic E-state index is 12.0. The third-order valence-corrected chi connectivity index (χ3v) is 3.16. The first kappa shape index (κ1) is 15.1. The van der Waals surface area contributed by atoms with Gasteiger partial charge in [-0.25, -0.2) is 9.97 Å². The van der Waals surface area contributed by atoms with Crippen LogP contribution in [0.5, 0.6) is 0 Å². The number of amides is 1. The van der Waals surface area contributed by atoms with Crippen LogP contribution in [0.3, 0.4) is 0 Å². The van der Waals surface area contributed by atoms with Crippen molar-refractivity contribution in [1.29, 1.82) is 0 Å². The molecule has 5 heteroatoms. The summed E-state index contributed by atoms with van der Waals surface area (Å²) in [6.07, 6.45) is 1.73. The summed E-state index contributed by atoms with van der Waals surface area (Å²) >= 11 is 0. The summed E-state index contributed by atoms with van der Waals surface area (Å²) < 4.78 is 0. The Labute approximate surface area is 124 Å². The summed E-state index contributed by atoms with van der Waals surface area (Å²) in [4.78, 5) is 20.5. The molecule has 0 radical (unpaired) electrons. The van der Waals surface area contributed by atoms with Gasteiger partial charge in [0.15, 0.2) is 0 Å². The van der Waals surface area contributed by atoms with Crippen molar-refractivity contribution in [1.82, 2.24) is 15.3 Å². The van der Waals surface area contributed by atoms with Crippen molar-refractivity contribution in [2.75, 3.05) is 18.9 Å². The zero-order chi connectivity index (χ0) is 15.2. The van der Waals surface area contributed by atoms with Crippen LogP contribution in [0.4, 0.5) is 5.69 Å². The SMILES string of the molecule is CNCC(C)C(=O)Nc1cccc(-c2ccnc(C)n2)c1. The minimum absolute atomic E-state index is 0.000341. The Hall–Kier alpha value is -2.27. The van der Waals surface area contributed by atoms with E-state index in [0.717, 1.165) is 22.8 Å². The number of carbonyl (C=O) groups excluding carboxylic acids is 1. The van der Waals surface area contributed by atoms with Gasteiger partial charge in [0.2, 0.25) is 5.91 Å². The second-order valence-electron chi connectivity index (χ2n) is 5.02. The Morgan fingerprint density at radius 1 is 1.33 bits per heavy atom. The van der Waals surface area contributed by atoms with Crippen molar-refractivity contribution < 1.29 is 4.79 Å². The first-order chi connectivity index (χ1) is 10.1. The smallest absolute Gasteiger partial charge is 0.228 e. The molecule has 0 saturated carbocycles. The summed E-state index contributed by atoms with van der Waals surface area (Å²) in [7, 11) is 1.84. The molecule has 1 heterocycles. The van der Waals surface area contributed by atoms with Gasteiger partial charge in [-0.2, -0.15) is 0 Å². The van der Waals surface area contributed by atoms with Crippen LogP contribution in [0.15, 0.2) is 36.5 Å². The van der Waals surface area contributed by atoms with Crippen molar-refractivity contribution in [3.8, 4) is 11.3 Å². The lowest BCUT2D eigenvalue weighted by Crippen LogP contribution is -2.28. The molecule has 2 rings (SSSR count). The first-order valence-electron chi connectivity index (χ1n) is 6.95. The third kappa shape index (κ3) is 4.10. The van der Waals surface area contributed by atoms with Gasteiger partial charge < -0.3 is 10.6 Å². The highest BCUT2D eigenvalue weighted by Crippen LogP contribution is 2.21. The number of nitrogens with one attached hydrogen (secondary N) is 2. The number of rotatable bonds is 5. The maximum absolute atomic E-state index is 12.0. The molecule has 110 valence electrons. The highest BCUT2D eigenvalue weighted by Gasteiger charge is 2.12. The van der Waals surface area contributed by atoms with Crippen LogP contribution in [-0.4, -0.2) is 29.5 Å². The van der Waals surface area contributed by atoms with E-state index in [1.165, 1.54) is 0 Å².